The van der Waals surface area contributed by atoms with Gasteiger partial charge in [0.2, 0.25) is 0 Å². The Bertz CT molecular complexity index is 921. The molecule has 136 valence electrons. The summed E-state index contributed by atoms with van der Waals surface area (Å²) in [6.07, 6.45) is 0. The Morgan fingerprint density at radius 2 is 1.46 bits per heavy atom. The van der Waals surface area contributed by atoms with Crippen molar-refractivity contribution in [2.24, 2.45) is 0 Å². The van der Waals surface area contributed by atoms with E-state index in [1.807, 2.05) is 25.1 Å². The zero-order valence-electron chi connectivity index (χ0n) is 16.8. The summed E-state index contributed by atoms with van der Waals surface area (Å²) in [5.74, 6) is 1.40. The highest BCUT2D eigenvalue weighted by molar-refractivity contribution is 5.79. The third kappa shape index (κ3) is 2.74. The number of phenols is 1. The first kappa shape index (κ1) is 18.3. The van der Waals surface area contributed by atoms with Gasteiger partial charge in [0.15, 0.2) is 0 Å². The molecule has 0 atom stereocenters. The highest BCUT2D eigenvalue weighted by Crippen LogP contribution is 2.50. The van der Waals surface area contributed by atoms with Crippen LogP contribution in [0.3, 0.4) is 0 Å². The largest absolute Gasteiger partial charge is 0.507 e. The van der Waals surface area contributed by atoms with Gasteiger partial charge in [-0.15, -0.1) is 0 Å². The zero-order valence-corrected chi connectivity index (χ0v) is 16.8. The minimum Gasteiger partial charge on any atom is -0.507 e. The Labute approximate surface area is 156 Å². The average Bonchev–Trinajstić information content (AvgIpc) is 2.80. The SMILES string of the molecule is COc1cccc(-c2cc(C)cc(C)c2O)c1C1C(C)=C(C)C(C)=C1C. The third-order valence-corrected chi connectivity index (χ3v) is 5.92. The lowest BCUT2D eigenvalue weighted by Crippen LogP contribution is -2.05. The monoisotopic (exact) mass is 348 g/mol. The number of hydrogen-bond acceptors (Lipinski definition) is 2. The van der Waals surface area contributed by atoms with E-state index in [4.69, 9.17) is 4.74 Å². The number of aromatic hydroxyl groups is 1. The van der Waals surface area contributed by atoms with Crippen molar-refractivity contribution in [3.05, 3.63) is 69.3 Å². The Kier molecular flexibility index (Phi) is 4.70. The number of ether oxygens (including phenoxy) is 1. The lowest BCUT2D eigenvalue weighted by atomic mass is 9.82. The Balaban J connectivity index is 2.35. The quantitative estimate of drug-likeness (QED) is 0.690. The van der Waals surface area contributed by atoms with Gasteiger partial charge in [-0.1, -0.05) is 29.3 Å². The van der Waals surface area contributed by atoms with Gasteiger partial charge in [-0.2, -0.15) is 0 Å². The first-order valence-corrected chi connectivity index (χ1v) is 9.10. The highest BCUT2D eigenvalue weighted by Gasteiger charge is 2.31. The molecule has 26 heavy (non-hydrogen) atoms. The number of rotatable bonds is 3. The molecule has 0 bridgehead atoms. The smallest absolute Gasteiger partial charge is 0.126 e. The Morgan fingerprint density at radius 3 is 2.04 bits per heavy atom. The summed E-state index contributed by atoms with van der Waals surface area (Å²) in [5, 5.41) is 10.8. The molecule has 2 heteroatoms. The second-order valence-corrected chi connectivity index (χ2v) is 7.45. The van der Waals surface area contributed by atoms with Gasteiger partial charge in [-0.05, 0) is 81.5 Å². The first-order valence-electron chi connectivity index (χ1n) is 9.10. The molecule has 0 saturated carbocycles. The van der Waals surface area contributed by atoms with Crippen molar-refractivity contribution in [3.63, 3.8) is 0 Å². The minimum atomic E-state index is 0.182. The van der Waals surface area contributed by atoms with Gasteiger partial charge in [0.05, 0.1) is 7.11 Å². The lowest BCUT2D eigenvalue weighted by molar-refractivity contribution is 0.409. The van der Waals surface area contributed by atoms with Crippen LogP contribution < -0.4 is 4.74 Å². The molecule has 1 N–H and O–H groups in total. The van der Waals surface area contributed by atoms with Crippen LogP contribution in [0.15, 0.2) is 52.6 Å². The van der Waals surface area contributed by atoms with E-state index >= 15 is 0 Å². The van der Waals surface area contributed by atoms with E-state index in [0.717, 1.165) is 33.6 Å². The summed E-state index contributed by atoms with van der Waals surface area (Å²) in [6.45, 7) is 12.8. The Hall–Kier alpha value is -2.48. The van der Waals surface area contributed by atoms with Crippen LogP contribution in [0.4, 0.5) is 0 Å². The molecule has 0 fully saturated rings. The molecule has 1 aliphatic carbocycles. The van der Waals surface area contributed by atoms with Gasteiger partial charge < -0.3 is 9.84 Å². The molecule has 0 aliphatic heterocycles. The van der Waals surface area contributed by atoms with Crippen LogP contribution in [0.5, 0.6) is 11.5 Å². The summed E-state index contributed by atoms with van der Waals surface area (Å²) >= 11 is 0. The van der Waals surface area contributed by atoms with E-state index in [1.165, 1.54) is 22.3 Å². The van der Waals surface area contributed by atoms with Gasteiger partial charge in [0.25, 0.3) is 0 Å². The molecular weight excluding hydrogens is 320 g/mol. The van der Waals surface area contributed by atoms with Crippen molar-refractivity contribution in [2.45, 2.75) is 47.5 Å². The lowest BCUT2D eigenvalue weighted by Gasteiger charge is -2.23. The number of aryl methyl sites for hydroxylation is 2. The van der Waals surface area contributed by atoms with Gasteiger partial charge in [0, 0.05) is 17.0 Å². The number of hydrogen-bond donors (Lipinski definition) is 1. The summed E-state index contributed by atoms with van der Waals surface area (Å²) < 4.78 is 5.76. The van der Waals surface area contributed by atoms with Gasteiger partial charge in [-0.3, -0.25) is 0 Å². The number of benzene rings is 2. The maximum atomic E-state index is 10.8. The second kappa shape index (κ2) is 6.68. The van der Waals surface area contributed by atoms with Crippen molar-refractivity contribution >= 4 is 0 Å². The maximum Gasteiger partial charge on any atom is 0.126 e. The molecule has 2 aromatic rings. The molecule has 0 heterocycles. The fourth-order valence-corrected chi connectivity index (χ4v) is 4.20. The van der Waals surface area contributed by atoms with Crippen molar-refractivity contribution < 1.29 is 9.84 Å². The predicted octanol–water partition coefficient (Wildman–Crippen LogP) is 6.45. The van der Waals surface area contributed by atoms with Gasteiger partial charge in [-0.25, -0.2) is 0 Å². The van der Waals surface area contributed by atoms with E-state index in [1.54, 1.807) is 7.11 Å². The summed E-state index contributed by atoms with van der Waals surface area (Å²) in [7, 11) is 1.72. The number of allylic oxidation sites excluding steroid dienone is 4. The zero-order chi connectivity index (χ0) is 19.2. The van der Waals surface area contributed by atoms with E-state index in [9.17, 15) is 5.11 Å². The molecule has 1 aliphatic rings. The molecule has 0 aromatic heterocycles. The summed E-state index contributed by atoms with van der Waals surface area (Å²) in [6, 6.07) is 10.2. The van der Waals surface area contributed by atoms with Crippen LogP contribution in [-0.4, -0.2) is 12.2 Å². The molecule has 0 saturated heterocycles. The van der Waals surface area contributed by atoms with Gasteiger partial charge >= 0.3 is 0 Å². The standard InChI is InChI=1S/C24H28O2/c1-13-11-14(2)24(25)20(12-13)19-9-8-10-21(26-7)23(19)22-17(5)15(3)16(4)18(22)6/h8-12,22,25H,1-7H3. The normalized spacial score (nSPS) is 15.2. The number of phenolic OH excluding ortho intramolecular Hbond substituents is 1. The van der Waals surface area contributed by atoms with E-state index in [2.05, 4.69) is 46.8 Å². The second-order valence-electron chi connectivity index (χ2n) is 7.45. The molecular formula is C24H28O2. The molecule has 0 unspecified atom stereocenters. The van der Waals surface area contributed by atoms with Crippen molar-refractivity contribution in [1.29, 1.82) is 0 Å². The molecule has 3 rings (SSSR count). The van der Waals surface area contributed by atoms with Crippen LogP contribution in [-0.2, 0) is 0 Å². The molecule has 2 nitrogen and oxygen atoms in total. The molecule has 0 amide bonds. The van der Waals surface area contributed by atoms with E-state index in [0.29, 0.717) is 5.75 Å². The van der Waals surface area contributed by atoms with Crippen LogP contribution in [0.25, 0.3) is 11.1 Å². The third-order valence-electron chi connectivity index (χ3n) is 5.92. The van der Waals surface area contributed by atoms with Crippen LogP contribution >= 0.6 is 0 Å². The first-order chi connectivity index (χ1) is 12.3. The van der Waals surface area contributed by atoms with Crippen molar-refractivity contribution in [2.75, 3.05) is 7.11 Å². The molecule has 2 aromatic carbocycles. The van der Waals surface area contributed by atoms with Crippen molar-refractivity contribution in [3.8, 4) is 22.6 Å². The van der Waals surface area contributed by atoms with Crippen LogP contribution in [0.2, 0.25) is 0 Å². The fraction of sp³-hybridized carbons (Fsp3) is 0.333. The minimum absolute atomic E-state index is 0.182. The summed E-state index contributed by atoms with van der Waals surface area (Å²) in [5.41, 5.74) is 10.5. The predicted molar refractivity (Wildman–Crippen MR) is 109 cm³/mol. The van der Waals surface area contributed by atoms with Crippen molar-refractivity contribution in [1.82, 2.24) is 0 Å². The number of methoxy groups -OCH3 is 1. The van der Waals surface area contributed by atoms with Gasteiger partial charge in [0.1, 0.15) is 11.5 Å². The van der Waals surface area contributed by atoms with E-state index in [-0.39, 0.29) is 5.92 Å². The Morgan fingerprint density at radius 1 is 0.846 bits per heavy atom. The topological polar surface area (TPSA) is 29.5 Å². The maximum absolute atomic E-state index is 10.8. The fourth-order valence-electron chi connectivity index (χ4n) is 4.20. The summed E-state index contributed by atoms with van der Waals surface area (Å²) in [4.78, 5) is 0. The van der Waals surface area contributed by atoms with Crippen LogP contribution in [0, 0.1) is 13.8 Å². The van der Waals surface area contributed by atoms with Crippen LogP contribution in [0.1, 0.15) is 50.3 Å². The molecule has 0 spiro atoms. The average molecular weight is 348 g/mol. The van der Waals surface area contributed by atoms with E-state index < -0.39 is 0 Å². The molecule has 0 radical (unpaired) electrons. The highest BCUT2D eigenvalue weighted by atomic mass is 16.5.